The van der Waals surface area contributed by atoms with E-state index in [0.717, 1.165) is 37.0 Å². The Kier molecular flexibility index (Phi) is 3.79. The number of H-pyrrole nitrogens is 1. The van der Waals surface area contributed by atoms with Gasteiger partial charge in [0.05, 0.1) is 11.4 Å². The Morgan fingerprint density at radius 3 is 1.87 bits per heavy atom. The van der Waals surface area contributed by atoms with Gasteiger partial charge in [-0.1, -0.05) is 74.3 Å². The second-order valence-corrected chi connectivity index (χ2v) is 7.15. The maximum absolute atomic E-state index is 4.63. The summed E-state index contributed by atoms with van der Waals surface area (Å²) in [7, 11) is 0. The van der Waals surface area contributed by atoms with Crippen LogP contribution >= 0.6 is 31.9 Å². The number of fused-ring (bicyclic) bond motifs is 1. The van der Waals surface area contributed by atoms with E-state index in [9.17, 15) is 0 Å². The van der Waals surface area contributed by atoms with Crippen molar-refractivity contribution in [2.24, 2.45) is 0 Å². The zero-order valence-corrected chi connectivity index (χ0v) is 15.2. The van der Waals surface area contributed by atoms with Crippen molar-refractivity contribution in [1.29, 1.82) is 0 Å². The zero-order valence-electron chi connectivity index (χ0n) is 12.1. The summed E-state index contributed by atoms with van der Waals surface area (Å²) < 4.78 is 2.13. The van der Waals surface area contributed by atoms with Crippen LogP contribution in [0.1, 0.15) is 0 Å². The van der Waals surface area contributed by atoms with Crippen molar-refractivity contribution in [3.8, 4) is 33.6 Å². The first-order valence-corrected chi connectivity index (χ1v) is 8.80. The maximum Gasteiger partial charge on any atom is 0.0984 e. The SMILES string of the molecule is Brc1ccc(-c2n[nH]c(-c3ccc(Br)cc3)c3cccc2-3)cc1. The van der Waals surface area contributed by atoms with Crippen LogP contribution < -0.4 is 0 Å². The first kappa shape index (κ1) is 14.7. The Morgan fingerprint density at radius 1 is 0.652 bits per heavy atom. The number of halogens is 2. The van der Waals surface area contributed by atoms with Gasteiger partial charge < -0.3 is 0 Å². The van der Waals surface area contributed by atoms with Gasteiger partial charge in [-0.2, -0.15) is 5.10 Å². The number of hydrogen-bond donors (Lipinski definition) is 1. The molecule has 0 fully saturated rings. The highest BCUT2D eigenvalue weighted by Gasteiger charge is 2.17. The summed E-state index contributed by atoms with van der Waals surface area (Å²) in [4.78, 5) is 0. The molecule has 0 bridgehead atoms. The largest absolute Gasteiger partial charge is 0.277 e. The van der Waals surface area contributed by atoms with Crippen LogP contribution in [-0.2, 0) is 0 Å². The van der Waals surface area contributed by atoms with Crippen molar-refractivity contribution in [2.45, 2.75) is 0 Å². The van der Waals surface area contributed by atoms with E-state index in [0.29, 0.717) is 0 Å². The van der Waals surface area contributed by atoms with Gasteiger partial charge in [0, 0.05) is 31.2 Å². The lowest BCUT2D eigenvalue weighted by Gasteiger charge is -2.13. The average Bonchev–Trinajstić information content (AvgIpc) is 3.05. The van der Waals surface area contributed by atoms with Gasteiger partial charge >= 0.3 is 0 Å². The van der Waals surface area contributed by atoms with E-state index < -0.39 is 0 Å². The Morgan fingerprint density at radius 2 is 1.22 bits per heavy atom. The van der Waals surface area contributed by atoms with E-state index in [-0.39, 0.29) is 0 Å². The van der Waals surface area contributed by atoms with E-state index >= 15 is 0 Å². The third-order valence-electron chi connectivity index (χ3n) is 3.87. The van der Waals surface area contributed by atoms with Gasteiger partial charge in [0.25, 0.3) is 0 Å². The smallest absolute Gasteiger partial charge is 0.0984 e. The first-order chi connectivity index (χ1) is 11.2. The standard InChI is InChI=1S/C19H12Br2N2/c20-14-8-4-12(5-9-14)18-16-2-1-3-17(16)19(23-22-18)13-6-10-15(21)11-7-13/h1-11,22H. The molecular formula is C19H12Br2N2. The summed E-state index contributed by atoms with van der Waals surface area (Å²) in [6.07, 6.45) is 0. The molecule has 23 heavy (non-hydrogen) atoms. The fourth-order valence-corrected chi connectivity index (χ4v) is 3.27. The molecule has 0 saturated heterocycles. The number of nitrogens with zero attached hydrogens (tertiary/aromatic N) is 1. The van der Waals surface area contributed by atoms with Crippen molar-refractivity contribution < 1.29 is 0 Å². The van der Waals surface area contributed by atoms with Gasteiger partial charge in [-0.25, -0.2) is 0 Å². The molecule has 0 radical (unpaired) electrons. The minimum Gasteiger partial charge on any atom is -0.277 e. The van der Waals surface area contributed by atoms with Crippen LogP contribution in [0, 0.1) is 0 Å². The van der Waals surface area contributed by atoms with Gasteiger partial charge in [-0.05, 0) is 24.3 Å². The number of aromatic amines is 1. The number of aromatic nitrogens is 2. The third kappa shape index (κ3) is 2.73. The van der Waals surface area contributed by atoms with Gasteiger partial charge in [-0.3, -0.25) is 5.10 Å². The number of benzene rings is 2. The lowest BCUT2D eigenvalue weighted by molar-refractivity contribution is 1.05. The summed E-state index contributed by atoms with van der Waals surface area (Å²) >= 11 is 6.95. The minimum absolute atomic E-state index is 0.971. The molecule has 2 nitrogen and oxygen atoms in total. The van der Waals surface area contributed by atoms with Crippen LogP contribution in [0.15, 0.2) is 75.7 Å². The Bertz CT molecular complexity index is 848. The molecule has 0 saturated carbocycles. The topological polar surface area (TPSA) is 28.7 Å². The minimum atomic E-state index is 0.971. The highest BCUT2D eigenvalue weighted by atomic mass is 79.9. The van der Waals surface area contributed by atoms with Crippen molar-refractivity contribution in [1.82, 2.24) is 10.2 Å². The molecule has 0 spiro atoms. The predicted molar refractivity (Wildman–Crippen MR) is 101 cm³/mol. The lowest BCUT2D eigenvalue weighted by Crippen LogP contribution is -1.96. The van der Waals surface area contributed by atoms with E-state index in [4.69, 9.17) is 0 Å². The monoisotopic (exact) mass is 426 g/mol. The number of rotatable bonds is 2. The molecule has 2 aliphatic rings. The molecule has 0 amide bonds. The molecule has 0 aromatic heterocycles. The zero-order chi connectivity index (χ0) is 15.8. The molecule has 1 aliphatic carbocycles. The molecular weight excluding hydrogens is 416 g/mol. The summed E-state index contributed by atoms with van der Waals surface area (Å²) in [5, 5.41) is 7.86. The number of nitrogens with one attached hydrogen (secondary N) is 1. The van der Waals surface area contributed by atoms with Crippen molar-refractivity contribution in [3.05, 3.63) is 75.7 Å². The van der Waals surface area contributed by atoms with Crippen molar-refractivity contribution >= 4 is 31.9 Å². The molecule has 1 aliphatic heterocycles. The Hall–Kier alpha value is -1.91. The molecule has 112 valence electrons. The quantitative estimate of drug-likeness (QED) is 0.395. The molecule has 2 aromatic rings. The van der Waals surface area contributed by atoms with E-state index in [1.165, 1.54) is 5.56 Å². The van der Waals surface area contributed by atoms with E-state index in [1.807, 2.05) is 24.3 Å². The average molecular weight is 428 g/mol. The summed E-state index contributed by atoms with van der Waals surface area (Å²) in [6, 6.07) is 22.8. The van der Waals surface area contributed by atoms with E-state index in [1.54, 1.807) is 0 Å². The van der Waals surface area contributed by atoms with Crippen molar-refractivity contribution in [3.63, 3.8) is 0 Å². The maximum atomic E-state index is 4.63. The molecule has 1 heterocycles. The van der Waals surface area contributed by atoms with Crippen molar-refractivity contribution in [2.75, 3.05) is 0 Å². The molecule has 0 unspecified atom stereocenters. The van der Waals surface area contributed by atoms with Crippen LogP contribution in [0.5, 0.6) is 0 Å². The second kappa shape index (κ2) is 5.95. The number of hydrogen-bond acceptors (Lipinski definition) is 1. The van der Waals surface area contributed by atoms with Crippen LogP contribution in [0.4, 0.5) is 0 Å². The fraction of sp³-hybridized carbons (Fsp3) is 0. The molecule has 0 atom stereocenters. The molecule has 4 rings (SSSR count). The molecule has 4 heteroatoms. The van der Waals surface area contributed by atoms with Gasteiger partial charge in [0.2, 0.25) is 0 Å². The normalized spacial score (nSPS) is 11.0. The fourth-order valence-electron chi connectivity index (χ4n) is 2.74. The highest BCUT2D eigenvalue weighted by molar-refractivity contribution is 9.10. The molecule has 2 aromatic carbocycles. The Labute approximate surface area is 151 Å². The summed E-state index contributed by atoms with van der Waals surface area (Å²) in [6.45, 7) is 0. The second-order valence-electron chi connectivity index (χ2n) is 5.31. The molecule has 1 N–H and O–H groups in total. The van der Waals surface area contributed by atoms with Crippen LogP contribution in [0.2, 0.25) is 0 Å². The lowest BCUT2D eigenvalue weighted by atomic mass is 9.99. The first-order valence-electron chi connectivity index (χ1n) is 7.21. The summed E-state index contributed by atoms with van der Waals surface area (Å²) in [5.41, 5.74) is 6.57. The van der Waals surface area contributed by atoms with Crippen LogP contribution in [-0.4, -0.2) is 10.2 Å². The van der Waals surface area contributed by atoms with E-state index in [2.05, 4.69) is 84.5 Å². The van der Waals surface area contributed by atoms with Gasteiger partial charge in [0.15, 0.2) is 0 Å². The Balaban J connectivity index is 1.87. The summed E-state index contributed by atoms with van der Waals surface area (Å²) in [5.74, 6) is 0. The van der Waals surface area contributed by atoms with Crippen LogP contribution in [0.25, 0.3) is 33.6 Å². The van der Waals surface area contributed by atoms with Crippen LogP contribution in [0.3, 0.4) is 0 Å². The third-order valence-corrected chi connectivity index (χ3v) is 4.93. The van der Waals surface area contributed by atoms with Gasteiger partial charge in [0.1, 0.15) is 0 Å². The predicted octanol–water partition coefficient (Wildman–Crippen LogP) is 6.37. The van der Waals surface area contributed by atoms with Gasteiger partial charge in [-0.15, -0.1) is 0 Å². The highest BCUT2D eigenvalue weighted by Crippen LogP contribution is 2.38.